The number of fused-ring (bicyclic) bond motifs is 1. The number of alkyl halides is 2. The summed E-state index contributed by atoms with van der Waals surface area (Å²) in [6, 6.07) is 4.25. The topological polar surface area (TPSA) is 80.6 Å². The second-order valence-electron chi connectivity index (χ2n) is 3.94. The standard InChI is InChI=1S/C12H7F2N3O3/c13-10(14)8-4-7(9-2-1-3-20-9)16-11-6(12(18)19)5-15-17(8)11/h1-5,10H,(H,18,19). The van der Waals surface area contributed by atoms with Crippen molar-refractivity contribution in [1.29, 1.82) is 0 Å². The lowest BCUT2D eigenvalue weighted by Gasteiger charge is -2.06. The van der Waals surface area contributed by atoms with Crippen LogP contribution in [-0.4, -0.2) is 25.7 Å². The van der Waals surface area contributed by atoms with Crippen LogP contribution in [0.15, 0.2) is 35.1 Å². The van der Waals surface area contributed by atoms with Gasteiger partial charge < -0.3 is 9.52 Å². The van der Waals surface area contributed by atoms with Crippen molar-refractivity contribution in [2.24, 2.45) is 0 Å². The molecule has 3 aromatic heterocycles. The molecule has 102 valence electrons. The lowest BCUT2D eigenvalue weighted by molar-refractivity contribution is 0.0698. The number of halogens is 2. The summed E-state index contributed by atoms with van der Waals surface area (Å²) < 4.78 is 32.0. The van der Waals surface area contributed by atoms with Crippen molar-refractivity contribution in [1.82, 2.24) is 14.6 Å². The Morgan fingerprint density at radius 1 is 1.45 bits per heavy atom. The molecule has 0 amide bonds. The SMILES string of the molecule is O=C(O)c1cnn2c(C(F)F)cc(-c3ccco3)nc12. The van der Waals surface area contributed by atoms with Crippen molar-refractivity contribution in [2.45, 2.75) is 6.43 Å². The van der Waals surface area contributed by atoms with Crippen molar-refractivity contribution in [2.75, 3.05) is 0 Å². The molecule has 0 bridgehead atoms. The molecule has 0 unspecified atom stereocenters. The van der Waals surface area contributed by atoms with Crippen LogP contribution >= 0.6 is 0 Å². The van der Waals surface area contributed by atoms with Gasteiger partial charge in [0.1, 0.15) is 17.0 Å². The fourth-order valence-electron chi connectivity index (χ4n) is 1.84. The molecule has 3 aromatic rings. The highest BCUT2D eigenvalue weighted by Gasteiger charge is 2.21. The first kappa shape index (κ1) is 12.3. The maximum absolute atomic E-state index is 13.1. The number of rotatable bonds is 3. The van der Waals surface area contributed by atoms with E-state index in [0.29, 0.717) is 0 Å². The molecule has 0 fully saturated rings. The molecule has 1 N–H and O–H groups in total. The number of furan rings is 1. The molecular weight excluding hydrogens is 272 g/mol. The van der Waals surface area contributed by atoms with E-state index in [4.69, 9.17) is 9.52 Å². The summed E-state index contributed by atoms with van der Waals surface area (Å²) in [6.07, 6.45) is -0.462. The Kier molecular flexibility index (Phi) is 2.70. The minimum atomic E-state index is -2.82. The van der Waals surface area contributed by atoms with Gasteiger partial charge in [0.25, 0.3) is 6.43 Å². The summed E-state index contributed by atoms with van der Waals surface area (Å²) in [5, 5.41) is 12.7. The number of hydrogen-bond acceptors (Lipinski definition) is 4. The fraction of sp³-hybridized carbons (Fsp3) is 0.0833. The maximum Gasteiger partial charge on any atom is 0.341 e. The molecule has 0 saturated heterocycles. The average molecular weight is 279 g/mol. The molecule has 3 rings (SSSR count). The van der Waals surface area contributed by atoms with Crippen LogP contribution in [0.2, 0.25) is 0 Å². The fourth-order valence-corrected chi connectivity index (χ4v) is 1.84. The van der Waals surface area contributed by atoms with Crippen molar-refractivity contribution >= 4 is 11.6 Å². The zero-order chi connectivity index (χ0) is 14.3. The molecule has 8 heteroatoms. The number of carbonyl (C=O) groups is 1. The number of carboxylic acid groups (broad SMARTS) is 1. The van der Waals surface area contributed by atoms with Gasteiger partial charge in [-0.2, -0.15) is 5.10 Å². The van der Waals surface area contributed by atoms with Gasteiger partial charge in [-0.15, -0.1) is 0 Å². The van der Waals surface area contributed by atoms with Crippen LogP contribution in [0.5, 0.6) is 0 Å². The van der Waals surface area contributed by atoms with Crippen LogP contribution in [0.4, 0.5) is 8.78 Å². The molecule has 3 heterocycles. The lowest BCUT2D eigenvalue weighted by Crippen LogP contribution is -2.04. The summed E-state index contributed by atoms with van der Waals surface area (Å²) in [4.78, 5) is 15.1. The Morgan fingerprint density at radius 2 is 2.25 bits per heavy atom. The van der Waals surface area contributed by atoms with Crippen molar-refractivity contribution < 1.29 is 23.1 Å². The summed E-state index contributed by atoms with van der Waals surface area (Å²) in [6.45, 7) is 0. The maximum atomic E-state index is 13.1. The molecule has 6 nitrogen and oxygen atoms in total. The van der Waals surface area contributed by atoms with Gasteiger partial charge in [0.15, 0.2) is 11.4 Å². The van der Waals surface area contributed by atoms with Gasteiger partial charge >= 0.3 is 5.97 Å². The number of carboxylic acids is 1. The molecule has 0 spiro atoms. The van der Waals surface area contributed by atoms with Gasteiger partial charge in [-0.25, -0.2) is 23.1 Å². The van der Waals surface area contributed by atoms with Crippen LogP contribution in [0.3, 0.4) is 0 Å². The van der Waals surface area contributed by atoms with E-state index in [2.05, 4.69) is 10.1 Å². The third-order valence-corrected chi connectivity index (χ3v) is 2.73. The molecule has 0 atom stereocenters. The lowest BCUT2D eigenvalue weighted by atomic mass is 10.2. The third-order valence-electron chi connectivity index (χ3n) is 2.73. The zero-order valence-corrected chi connectivity index (χ0v) is 9.83. The van der Waals surface area contributed by atoms with E-state index in [1.165, 1.54) is 6.26 Å². The predicted molar refractivity (Wildman–Crippen MR) is 62.6 cm³/mol. The predicted octanol–water partition coefficient (Wildman–Crippen LogP) is 2.63. The van der Waals surface area contributed by atoms with E-state index in [1.807, 2.05) is 0 Å². The molecular formula is C12H7F2N3O3. The van der Waals surface area contributed by atoms with E-state index in [9.17, 15) is 13.6 Å². The molecule has 0 aliphatic carbocycles. The average Bonchev–Trinajstić information content (AvgIpc) is 3.06. The monoisotopic (exact) mass is 279 g/mol. The van der Waals surface area contributed by atoms with Crippen LogP contribution in [0, 0.1) is 0 Å². The van der Waals surface area contributed by atoms with Crippen LogP contribution < -0.4 is 0 Å². The Morgan fingerprint density at radius 3 is 2.85 bits per heavy atom. The quantitative estimate of drug-likeness (QED) is 0.797. The second kappa shape index (κ2) is 4.41. The Labute approximate surface area is 110 Å². The highest BCUT2D eigenvalue weighted by molar-refractivity contribution is 5.94. The first-order valence-corrected chi connectivity index (χ1v) is 5.52. The summed E-state index contributed by atoms with van der Waals surface area (Å²) in [7, 11) is 0. The number of hydrogen-bond donors (Lipinski definition) is 1. The number of nitrogens with zero attached hydrogens (tertiary/aromatic N) is 3. The molecule has 0 aromatic carbocycles. The van der Waals surface area contributed by atoms with E-state index in [-0.39, 0.29) is 22.7 Å². The van der Waals surface area contributed by atoms with Crippen LogP contribution in [-0.2, 0) is 0 Å². The Balaban J connectivity index is 2.33. The zero-order valence-electron chi connectivity index (χ0n) is 9.83. The second-order valence-corrected chi connectivity index (χ2v) is 3.94. The van der Waals surface area contributed by atoms with Crippen molar-refractivity contribution in [3.63, 3.8) is 0 Å². The molecule has 0 aliphatic heterocycles. The minimum Gasteiger partial charge on any atom is -0.477 e. The largest absolute Gasteiger partial charge is 0.477 e. The highest BCUT2D eigenvalue weighted by atomic mass is 19.3. The van der Waals surface area contributed by atoms with E-state index in [1.54, 1.807) is 12.1 Å². The van der Waals surface area contributed by atoms with Gasteiger partial charge in [0.05, 0.1) is 12.5 Å². The normalized spacial score (nSPS) is 11.3. The van der Waals surface area contributed by atoms with Gasteiger partial charge in [0, 0.05) is 0 Å². The highest BCUT2D eigenvalue weighted by Crippen LogP contribution is 2.26. The third kappa shape index (κ3) is 1.81. The molecule has 0 radical (unpaired) electrons. The van der Waals surface area contributed by atoms with Gasteiger partial charge in [-0.1, -0.05) is 0 Å². The van der Waals surface area contributed by atoms with Crippen molar-refractivity contribution in [3.8, 4) is 11.5 Å². The van der Waals surface area contributed by atoms with Crippen LogP contribution in [0.25, 0.3) is 17.1 Å². The van der Waals surface area contributed by atoms with Gasteiger partial charge in [0.2, 0.25) is 0 Å². The van der Waals surface area contributed by atoms with Crippen molar-refractivity contribution in [3.05, 3.63) is 41.9 Å². The van der Waals surface area contributed by atoms with E-state index in [0.717, 1.165) is 16.8 Å². The smallest absolute Gasteiger partial charge is 0.341 e. The minimum absolute atomic E-state index is 0.126. The van der Waals surface area contributed by atoms with Gasteiger partial charge in [-0.3, -0.25) is 0 Å². The first-order valence-electron chi connectivity index (χ1n) is 5.52. The number of aromatic nitrogens is 3. The van der Waals surface area contributed by atoms with Gasteiger partial charge in [-0.05, 0) is 18.2 Å². The number of aromatic carboxylic acids is 1. The van der Waals surface area contributed by atoms with E-state index < -0.39 is 18.1 Å². The van der Waals surface area contributed by atoms with Crippen LogP contribution in [0.1, 0.15) is 22.5 Å². The Hall–Kier alpha value is -2.77. The summed E-state index contributed by atoms with van der Waals surface area (Å²) in [5.74, 6) is -1.02. The Bertz CT molecular complexity index is 781. The first-order chi connectivity index (χ1) is 9.58. The molecule has 0 aliphatic rings. The molecule has 20 heavy (non-hydrogen) atoms. The van der Waals surface area contributed by atoms with E-state index >= 15 is 0 Å². The summed E-state index contributed by atoms with van der Waals surface area (Å²) >= 11 is 0. The molecule has 0 saturated carbocycles. The summed E-state index contributed by atoms with van der Waals surface area (Å²) in [5.41, 5.74) is -0.725.